The first-order chi connectivity index (χ1) is 9.35. The number of anilines is 1. The molecule has 4 heteroatoms. The molecule has 1 fully saturated rings. The Morgan fingerprint density at radius 1 is 1.25 bits per heavy atom. The summed E-state index contributed by atoms with van der Waals surface area (Å²) in [6.07, 6.45) is 5.44. The van der Waals surface area contributed by atoms with E-state index in [1.54, 1.807) is 6.20 Å². The Morgan fingerprint density at radius 2 is 1.90 bits per heavy atom. The van der Waals surface area contributed by atoms with Crippen LogP contribution in [0.1, 0.15) is 58.1 Å². The van der Waals surface area contributed by atoms with Crippen molar-refractivity contribution in [3.05, 3.63) is 24.0 Å². The zero-order valence-electron chi connectivity index (χ0n) is 12.6. The highest BCUT2D eigenvalue weighted by Crippen LogP contribution is 2.36. The number of carbonyl (C=O) groups is 1. The van der Waals surface area contributed by atoms with Crippen LogP contribution in [0.3, 0.4) is 0 Å². The smallest absolute Gasteiger partial charge is 0.309 e. The van der Waals surface area contributed by atoms with Gasteiger partial charge < -0.3 is 10.5 Å². The van der Waals surface area contributed by atoms with Crippen molar-refractivity contribution in [2.45, 2.75) is 58.0 Å². The van der Waals surface area contributed by atoms with Crippen LogP contribution in [0, 0.1) is 5.92 Å². The lowest BCUT2D eigenvalue weighted by Crippen LogP contribution is -2.30. The molecule has 1 aliphatic carbocycles. The Morgan fingerprint density at radius 3 is 2.40 bits per heavy atom. The Labute approximate surface area is 120 Å². The third-order valence-corrected chi connectivity index (χ3v) is 3.69. The van der Waals surface area contributed by atoms with E-state index in [9.17, 15) is 4.79 Å². The molecule has 1 aromatic heterocycles. The fourth-order valence-electron chi connectivity index (χ4n) is 2.67. The molecule has 0 aliphatic heterocycles. The van der Waals surface area contributed by atoms with Crippen LogP contribution in [0.15, 0.2) is 18.3 Å². The highest BCUT2D eigenvalue weighted by molar-refractivity contribution is 5.73. The first-order valence-corrected chi connectivity index (χ1v) is 7.29. The summed E-state index contributed by atoms with van der Waals surface area (Å²) in [5, 5.41) is 0. The minimum absolute atomic E-state index is 0.0410. The zero-order chi connectivity index (χ0) is 14.8. The van der Waals surface area contributed by atoms with Gasteiger partial charge in [0.25, 0.3) is 0 Å². The largest absolute Gasteiger partial charge is 0.460 e. The maximum absolute atomic E-state index is 12.0. The van der Waals surface area contributed by atoms with Crippen LogP contribution in [-0.4, -0.2) is 16.6 Å². The van der Waals surface area contributed by atoms with Crippen LogP contribution in [0.4, 0.5) is 5.69 Å². The number of rotatable bonds is 2. The molecular weight excluding hydrogens is 252 g/mol. The second-order valence-electron chi connectivity index (χ2n) is 6.60. The van der Waals surface area contributed by atoms with E-state index in [1.807, 2.05) is 32.9 Å². The molecule has 4 nitrogen and oxygen atoms in total. The molecule has 0 amide bonds. The number of aromatic nitrogens is 1. The quantitative estimate of drug-likeness (QED) is 0.842. The van der Waals surface area contributed by atoms with Crippen molar-refractivity contribution >= 4 is 11.7 Å². The Bertz CT molecular complexity index is 454. The van der Waals surface area contributed by atoms with Gasteiger partial charge in [-0.1, -0.05) is 0 Å². The van der Waals surface area contributed by atoms with Gasteiger partial charge in [-0.25, -0.2) is 0 Å². The summed E-state index contributed by atoms with van der Waals surface area (Å²) in [5.74, 6) is 0.426. The number of nitrogens with zero attached hydrogens (tertiary/aromatic N) is 1. The first kappa shape index (κ1) is 14.8. The summed E-state index contributed by atoms with van der Waals surface area (Å²) in [6.45, 7) is 5.73. The lowest BCUT2D eigenvalue weighted by atomic mass is 9.80. The summed E-state index contributed by atoms with van der Waals surface area (Å²) in [6, 6.07) is 3.89. The Balaban J connectivity index is 1.89. The molecule has 110 valence electrons. The van der Waals surface area contributed by atoms with E-state index in [-0.39, 0.29) is 11.9 Å². The maximum Gasteiger partial charge on any atom is 0.309 e. The molecule has 2 rings (SSSR count). The van der Waals surface area contributed by atoms with Crippen LogP contribution in [-0.2, 0) is 9.53 Å². The average molecular weight is 276 g/mol. The topological polar surface area (TPSA) is 65.2 Å². The monoisotopic (exact) mass is 276 g/mol. The molecule has 20 heavy (non-hydrogen) atoms. The number of hydrogen-bond acceptors (Lipinski definition) is 4. The number of hydrogen-bond donors (Lipinski definition) is 1. The van der Waals surface area contributed by atoms with E-state index in [2.05, 4.69) is 4.98 Å². The van der Waals surface area contributed by atoms with Gasteiger partial charge in [-0.3, -0.25) is 9.78 Å². The van der Waals surface area contributed by atoms with Crippen LogP contribution >= 0.6 is 0 Å². The minimum atomic E-state index is -0.396. The van der Waals surface area contributed by atoms with Crippen LogP contribution in [0.25, 0.3) is 0 Å². The predicted octanol–water partition coefficient (Wildman–Crippen LogP) is 3.28. The third kappa shape index (κ3) is 3.95. The van der Waals surface area contributed by atoms with Crippen molar-refractivity contribution in [1.82, 2.24) is 4.98 Å². The number of nitrogens with two attached hydrogens (primary N) is 1. The molecule has 0 saturated heterocycles. The van der Waals surface area contributed by atoms with Gasteiger partial charge in [-0.05, 0) is 58.6 Å². The number of carbonyl (C=O) groups excluding carboxylic acids is 1. The molecule has 0 unspecified atom stereocenters. The van der Waals surface area contributed by atoms with Gasteiger partial charge in [0, 0.05) is 11.6 Å². The van der Waals surface area contributed by atoms with E-state index in [0.717, 1.165) is 31.4 Å². The van der Waals surface area contributed by atoms with Gasteiger partial charge in [0.1, 0.15) is 5.60 Å². The lowest BCUT2D eigenvalue weighted by Gasteiger charge is -2.29. The van der Waals surface area contributed by atoms with E-state index >= 15 is 0 Å². The third-order valence-electron chi connectivity index (χ3n) is 3.69. The predicted molar refractivity (Wildman–Crippen MR) is 79.2 cm³/mol. The standard InChI is InChI=1S/C16H24N2O2/c1-16(2,3)20-15(19)12-6-4-11(5-7-12)14-9-8-13(17)10-18-14/h8-12H,4-7,17H2,1-3H3. The molecule has 0 spiro atoms. The van der Waals surface area contributed by atoms with E-state index in [1.165, 1.54) is 0 Å². The van der Waals surface area contributed by atoms with Crippen LogP contribution in [0.2, 0.25) is 0 Å². The van der Waals surface area contributed by atoms with Gasteiger partial charge >= 0.3 is 5.97 Å². The van der Waals surface area contributed by atoms with E-state index in [0.29, 0.717) is 11.6 Å². The SMILES string of the molecule is CC(C)(C)OC(=O)C1CCC(c2ccc(N)cn2)CC1. The first-order valence-electron chi connectivity index (χ1n) is 7.29. The van der Waals surface area contributed by atoms with Gasteiger partial charge in [-0.15, -0.1) is 0 Å². The van der Waals surface area contributed by atoms with Crippen molar-refractivity contribution in [2.75, 3.05) is 5.73 Å². The molecule has 1 heterocycles. The van der Waals surface area contributed by atoms with Gasteiger partial charge in [0.15, 0.2) is 0 Å². The fraction of sp³-hybridized carbons (Fsp3) is 0.625. The number of nitrogen functional groups attached to an aromatic ring is 1. The van der Waals surface area contributed by atoms with E-state index < -0.39 is 5.60 Å². The van der Waals surface area contributed by atoms with Crippen molar-refractivity contribution in [3.8, 4) is 0 Å². The molecule has 2 N–H and O–H groups in total. The second kappa shape index (κ2) is 5.81. The molecule has 1 aromatic rings. The molecule has 0 atom stereocenters. The normalized spacial score (nSPS) is 23.4. The molecule has 0 bridgehead atoms. The Hall–Kier alpha value is -1.58. The number of ether oxygens (including phenoxy) is 1. The Kier molecular flexibility index (Phi) is 4.31. The van der Waals surface area contributed by atoms with Gasteiger partial charge in [0.2, 0.25) is 0 Å². The zero-order valence-corrected chi connectivity index (χ0v) is 12.6. The van der Waals surface area contributed by atoms with Crippen LogP contribution < -0.4 is 5.73 Å². The molecule has 1 aliphatic rings. The number of esters is 1. The molecule has 0 radical (unpaired) electrons. The summed E-state index contributed by atoms with van der Waals surface area (Å²) in [5.41, 5.74) is 7.03. The van der Waals surface area contributed by atoms with Crippen molar-refractivity contribution in [1.29, 1.82) is 0 Å². The summed E-state index contributed by atoms with van der Waals surface area (Å²) in [7, 11) is 0. The van der Waals surface area contributed by atoms with E-state index in [4.69, 9.17) is 10.5 Å². The highest BCUT2D eigenvalue weighted by atomic mass is 16.6. The lowest BCUT2D eigenvalue weighted by molar-refractivity contribution is -0.161. The summed E-state index contributed by atoms with van der Waals surface area (Å²) in [4.78, 5) is 16.4. The van der Waals surface area contributed by atoms with Crippen molar-refractivity contribution in [2.24, 2.45) is 5.92 Å². The van der Waals surface area contributed by atoms with Gasteiger partial charge in [0.05, 0.1) is 17.8 Å². The number of pyridine rings is 1. The molecule has 0 aromatic carbocycles. The maximum atomic E-state index is 12.0. The van der Waals surface area contributed by atoms with Gasteiger partial charge in [-0.2, -0.15) is 0 Å². The van der Waals surface area contributed by atoms with Crippen molar-refractivity contribution in [3.63, 3.8) is 0 Å². The second-order valence-corrected chi connectivity index (χ2v) is 6.60. The van der Waals surface area contributed by atoms with Crippen molar-refractivity contribution < 1.29 is 9.53 Å². The highest BCUT2D eigenvalue weighted by Gasteiger charge is 2.30. The summed E-state index contributed by atoms with van der Waals surface area (Å²) < 4.78 is 5.46. The minimum Gasteiger partial charge on any atom is -0.460 e. The average Bonchev–Trinajstić information content (AvgIpc) is 2.38. The summed E-state index contributed by atoms with van der Waals surface area (Å²) >= 11 is 0. The van der Waals surface area contributed by atoms with Crippen LogP contribution in [0.5, 0.6) is 0 Å². The molecular formula is C16H24N2O2. The molecule has 1 saturated carbocycles. The fourth-order valence-corrected chi connectivity index (χ4v) is 2.67.